The molecule has 0 atom stereocenters. The monoisotopic (exact) mass is 434 g/mol. The number of benzene rings is 2. The van der Waals surface area contributed by atoms with Gasteiger partial charge in [-0.2, -0.15) is 8.42 Å². The molecule has 0 spiro atoms. The summed E-state index contributed by atoms with van der Waals surface area (Å²) < 4.78 is 31.3. The van der Waals surface area contributed by atoms with E-state index in [1.807, 2.05) is 29.5 Å². The summed E-state index contributed by atoms with van der Waals surface area (Å²) in [6.45, 7) is 1.89. The highest BCUT2D eigenvalue weighted by Gasteiger charge is 2.18. The van der Waals surface area contributed by atoms with Crippen LogP contribution in [0.4, 0.5) is 0 Å². The van der Waals surface area contributed by atoms with E-state index in [9.17, 15) is 8.42 Å². The van der Waals surface area contributed by atoms with Gasteiger partial charge in [0, 0.05) is 14.7 Å². The van der Waals surface area contributed by atoms with Crippen LogP contribution < -0.4 is 0 Å². The van der Waals surface area contributed by atoms with Crippen LogP contribution in [0, 0.1) is 6.92 Å². The van der Waals surface area contributed by atoms with E-state index in [0.29, 0.717) is 10.6 Å². The predicted molar refractivity (Wildman–Crippen MR) is 92.9 cm³/mol. The molecule has 0 saturated heterocycles. The van der Waals surface area contributed by atoms with Gasteiger partial charge in [0.2, 0.25) is 0 Å². The summed E-state index contributed by atoms with van der Waals surface area (Å²) in [5, 5.41) is 0.514. The summed E-state index contributed by atoms with van der Waals surface area (Å²) in [5.74, 6) is 0.235. The third-order valence-corrected chi connectivity index (χ3v) is 4.77. The lowest BCUT2D eigenvalue weighted by Crippen LogP contribution is -2.05. The molecular weight excluding hydrogens is 423 g/mol. The Morgan fingerprint density at radius 1 is 1.19 bits per heavy atom. The Hall–Kier alpha value is -1.05. The van der Waals surface area contributed by atoms with Crippen molar-refractivity contribution in [3.63, 3.8) is 0 Å². The maximum Gasteiger partial charge on any atom is 0.339 e. The van der Waals surface area contributed by atoms with E-state index in [4.69, 9.17) is 15.8 Å². The van der Waals surface area contributed by atoms with E-state index in [0.717, 1.165) is 5.56 Å². The maximum absolute atomic E-state index is 12.3. The van der Waals surface area contributed by atoms with Gasteiger partial charge in [-0.1, -0.05) is 41.4 Å². The average molecular weight is 435 g/mol. The molecule has 0 amide bonds. The zero-order valence-electron chi connectivity index (χ0n) is 11.1. The number of hydrogen-bond donors (Lipinski definition) is 0. The van der Waals surface area contributed by atoms with Crippen molar-refractivity contribution in [2.45, 2.75) is 11.8 Å². The maximum atomic E-state index is 12.3. The Kier molecular flexibility index (Phi) is 5.29. The molecule has 0 heterocycles. The summed E-state index contributed by atoms with van der Waals surface area (Å²) in [6.07, 6.45) is 0. The van der Waals surface area contributed by atoms with Gasteiger partial charge in [-0.05, 0) is 53.8 Å². The predicted octanol–water partition coefficient (Wildman–Crippen LogP) is 4.79. The van der Waals surface area contributed by atoms with Crippen molar-refractivity contribution in [1.82, 2.24) is 0 Å². The van der Waals surface area contributed by atoms with E-state index in [2.05, 4.69) is 0 Å². The minimum Gasteiger partial charge on any atom is -0.378 e. The van der Waals surface area contributed by atoms with Crippen LogP contribution in [0.2, 0.25) is 5.02 Å². The van der Waals surface area contributed by atoms with E-state index in [-0.39, 0.29) is 10.7 Å². The first-order chi connectivity index (χ1) is 9.92. The number of hydrogen-bond acceptors (Lipinski definition) is 3. The fourth-order valence-corrected chi connectivity index (χ4v) is 3.44. The third kappa shape index (κ3) is 4.21. The second-order valence-electron chi connectivity index (χ2n) is 4.33. The summed E-state index contributed by atoms with van der Waals surface area (Å²) in [5.41, 5.74) is 1.58. The molecular formula is C15H12ClIO3S. The Bertz CT molecular complexity index is 768. The quantitative estimate of drug-likeness (QED) is 0.395. The van der Waals surface area contributed by atoms with Gasteiger partial charge in [-0.25, -0.2) is 0 Å². The molecule has 0 unspecified atom stereocenters. The fraction of sp³-hybridized carbons (Fsp3) is 0.0667. The smallest absolute Gasteiger partial charge is 0.339 e. The van der Waals surface area contributed by atoms with Crippen molar-refractivity contribution in [2.24, 2.45) is 0 Å². The fourth-order valence-electron chi connectivity index (χ4n) is 1.64. The highest BCUT2D eigenvalue weighted by molar-refractivity contribution is 14.1. The topological polar surface area (TPSA) is 43.4 Å². The lowest BCUT2D eigenvalue weighted by Gasteiger charge is -2.10. The lowest BCUT2D eigenvalue weighted by atomic mass is 10.2. The van der Waals surface area contributed by atoms with Crippen LogP contribution in [0.1, 0.15) is 11.1 Å². The Morgan fingerprint density at radius 2 is 1.86 bits per heavy atom. The van der Waals surface area contributed by atoms with Crippen LogP contribution in [0.3, 0.4) is 0 Å². The van der Waals surface area contributed by atoms with Crippen LogP contribution in [-0.4, -0.2) is 8.42 Å². The molecule has 2 aromatic rings. The van der Waals surface area contributed by atoms with Crippen molar-refractivity contribution in [2.75, 3.05) is 0 Å². The summed E-state index contributed by atoms with van der Waals surface area (Å²) in [4.78, 5) is 0.117. The highest BCUT2D eigenvalue weighted by Crippen LogP contribution is 2.26. The standard InChI is InChI=1S/C15H12ClIO3S/c1-11-5-7-14(8-6-11)21(18,19)20-15(10-17)12-3-2-4-13(16)9-12/h2-10H,1H3/b15-10+. The van der Waals surface area contributed by atoms with Crippen molar-refractivity contribution >= 4 is 50.1 Å². The summed E-state index contributed by atoms with van der Waals surface area (Å²) in [6, 6.07) is 13.3. The summed E-state index contributed by atoms with van der Waals surface area (Å²) in [7, 11) is -3.87. The molecule has 6 heteroatoms. The van der Waals surface area contributed by atoms with Gasteiger partial charge >= 0.3 is 10.1 Å². The first-order valence-electron chi connectivity index (χ1n) is 6.00. The van der Waals surface area contributed by atoms with Gasteiger partial charge in [0.05, 0.1) is 0 Å². The van der Waals surface area contributed by atoms with Gasteiger partial charge in [-0.15, -0.1) is 0 Å². The Balaban J connectivity index is 2.32. The molecule has 3 nitrogen and oxygen atoms in total. The van der Waals surface area contributed by atoms with Gasteiger partial charge < -0.3 is 4.18 Å². The minimum atomic E-state index is -3.87. The van der Waals surface area contributed by atoms with Crippen molar-refractivity contribution < 1.29 is 12.6 Å². The van der Waals surface area contributed by atoms with Crippen molar-refractivity contribution in [1.29, 1.82) is 0 Å². The normalized spacial score (nSPS) is 12.2. The molecule has 0 aromatic heterocycles. The zero-order valence-corrected chi connectivity index (χ0v) is 14.8. The molecule has 2 rings (SSSR count). The van der Waals surface area contributed by atoms with Crippen LogP contribution in [0.15, 0.2) is 57.5 Å². The van der Waals surface area contributed by atoms with E-state index in [1.165, 1.54) is 12.1 Å². The van der Waals surface area contributed by atoms with Crippen LogP contribution >= 0.6 is 34.2 Å². The van der Waals surface area contributed by atoms with Crippen LogP contribution in [0.5, 0.6) is 0 Å². The van der Waals surface area contributed by atoms with Crippen molar-refractivity contribution in [3.05, 3.63) is 68.8 Å². The number of halogens is 2. The molecule has 0 aliphatic rings. The van der Waals surface area contributed by atoms with E-state index < -0.39 is 10.1 Å². The molecule has 2 aromatic carbocycles. The minimum absolute atomic E-state index is 0.117. The van der Waals surface area contributed by atoms with Gasteiger partial charge in [0.15, 0.2) is 5.76 Å². The Morgan fingerprint density at radius 3 is 2.43 bits per heavy atom. The molecule has 0 bridgehead atoms. The van der Waals surface area contributed by atoms with Crippen LogP contribution in [-0.2, 0) is 14.3 Å². The molecule has 0 aliphatic carbocycles. The molecule has 110 valence electrons. The molecule has 0 radical (unpaired) electrons. The first kappa shape index (κ1) is 16.3. The van der Waals surface area contributed by atoms with Gasteiger partial charge in [0.25, 0.3) is 0 Å². The van der Waals surface area contributed by atoms with Gasteiger partial charge in [0.1, 0.15) is 4.90 Å². The SMILES string of the molecule is Cc1ccc(S(=O)(=O)O/C(=C/I)c2cccc(Cl)c2)cc1. The molecule has 0 fully saturated rings. The zero-order chi connectivity index (χ0) is 15.5. The first-order valence-corrected chi connectivity index (χ1v) is 9.03. The number of rotatable bonds is 4. The second-order valence-corrected chi connectivity index (χ2v) is 6.94. The Labute approximate surface area is 142 Å². The lowest BCUT2D eigenvalue weighted by molar-refractivity contribution is 0.464. The van der Waals surface area contributed by atoms with Crippen LogP contribution in [0.25, 0.3) is 5.76 Å². The molecule has 0 aliphatic heterocycles. The van der Waals surface area contributed by atoms with E-state index in [1.54, 1.807) is 40.5 Å². The second kappa shape index (κ2) is 6.81. The van der Waals surface area contributed by atoms with Crippen molar-refractivity contribution in [3.8, 4) is 0 Å². The molecule has 21 heavy (non-hydrogen) atoms. The number of aryl methyl sites for hydroxylation is 1. The highest BCUT2D eigenvalue weighted by atomic mass is 127. The van der Waals surface area contributed by atoms with E-state index >= 15 is 0 Å². The average Bonchev–Trinajstić information content (AvgIpc) is 2.45. The third-order valence-electron chi connectivity index (χ3n) is 2.72. The van der Waals surface area contributed by atoms with Gasteiger partial charge in [-0.3, -0.25) is 0 Å². The molecule has 0 N–H and O–H groups in total. The largest absolute Gasteiger partial charge is 0.378 e. The summed E-state index contributed by atoms with van der Waals surface area (Å²) >= 11 is 7.85. The molecule has 0 saturated carbocycles.